The summed E-state index contributed by atoms with van der Waals surface area (Å²) in [5.41, 5.74) is 2.85. The van der Waals surface area contributed by atoms with Crippen molar-refractivity contribution in [2.75, 3.05) is 36.2 Å². The molecule has 0 saturated carbocycles. The molecule has 144 valence electrons. The SMILES string of the molecule is CN(C)c1ccc(NC(=O)CCNc2ccc(Oc3ccccc3)cc2)cc1. The molecule has 5 heteroatoms. The summed E-state index contributed by atoms with van der Waals surface area (Å²) >= 11 is 0. The van der Waals surface area contributed by atoms with E-state index in [-0.39, 0.29) is 5.91 Å². The highest BCUT2D eigenvalue weighted by molar-refractivity contribution is 5.91. The Kier molecular flexibility index (Phi) is 6.52. The van der Waals surface area contributed by atoms with Gasteiger partial charge in [-0.1, -0.05) is 18.2 Å². The highest BCUT2D eigenvalue weighted by Crippen LogP contribution is 2.22. The van der Waals surface area contributed by atoms with Gasteiger partial charge in [-0.05, 0) is 60.7 Å². The predicted molar refractivity (Wildman–Crippen MR) is 115 cm³/mol. The molecule has 1 amide bonds. The van der Waals surface area contributed by atoms with E-state index >= 15 is 0 Å². The molecule has 28 heavy (non-hydrogen) atoms. The number of nitrogens with one attached hydrogen (secondary N) is 2. The van der Waals surface area contributed by atoms with Gasteiger partial charge >= 0.3 is 0 Å². The smallest absolute Gasteiger partial charge is 0.226 e. The van der Waals surface area contributed by atoms with Gasteiger partial charge in [0, 0.05) is 44.1 Å². The van der Waals surface area contributed by atoms with Crippen LogP contribution in [0.4, 0.5) is 17.1 Å². The Bertz CT molecular complexity index is 876. The topological polar surface area (TPSA) is 53.6 Å². The summed E-state index contributed by atoms with van der Waals surface area (Å²) in [6.45, 7) is 0.556. The third-order valence-corrected chi connectivity index (χ3v) is 4.18. The largest absolute Gasteiger partial charge is 0.457 e. The first-order valence-electron chi connectivity index (χ1n) is 9.24. The molecule has 0 atom stereocenters. The molecule has 0 heterocycles. The van der Waals surface area contributed by atoms with Gasteiger partial charge in [0.25, 0.3) is 0 Å². The minimum absolute atomic E-state index is 0.0193. The number of nitrogens with zero attached hydrogens (tertiary/aromatic N) is 1. The van der Waals surface area contributed by atoms with Crippen molar-refractivity contribution in [3.05, 3.63) is 78.9 Å². The van der Waals surface area contributed by atoms with Gasteiger partial charge in [0.1, 0.15) is 11.5 Å². The number of hydrogen-bond acceptors (Lipinski definition) is 4. The van der Waals surface area contributed by atoms with Gasteiger partial charge in [-0.15, -0.1) is 0 Å². The zero-order valence-electron chi connectivity index (χ0n) is 16.2. The minimum atomic E-state index is -0.0193. The van der Waals surface area contributed by atoms with Crippen molar-refractivity contribution in [2.45, 2.75) is 6.42 Å². The van der Waals surface area contributed by atoms with Crippen LogP contribution in [-0.4, -0.2) is 26.5 Å². The van der Waals surface area contributed by atoms with Crippen molar-refractivity contribution < 1.29 is 9.53 Å². The molecular formula is C23H25N3O2. The van der Waals surface area contributed by atoms with Gasteiger partial charge in [-0.3, -0.25) is 4.79 Å². The fraction of sp³-hybridized carbons (Fsp3) is 0.174. The number of amides is 1. The van der Waals surface area contributed by atoms with Gasteiger partial charge < -0.3 is 20.3 Å². The second kappa shape index (κ2) is 9.46. The van der Waals surface area contributed by atoms with Crippen LogP contribution in [0, 0.1) is 0 Å². The van der Waals surface area contributed by atoms with Crippen LogP contribution in [0.25, 0.3) is 0 Å². The highest BCUT2D eigenvalue weighted by atomic mass is 16.5. The molecule has 0 aliphatic heterocycles. The Labute approximate surface area is 166 Å². The van der Waals surface area contributed by atoms with Crippen molar-refractivity contribution in [3.63, 3.8) is 0 Å². The maximum atomic E-state index is 12.1. The summed E-state index contributed by atoms with van der Waals surface area (Å²) in [4.78, 5) is 14.1. The monoisotopic (exact) mass is 375 g/mol. The second-order valence-corrected chi connectivity index (χ2v) is 6.61. The Morgan fingerprint density at radius 3 is 2.07 bits per heavy atom. The summed E-state index contributed by atoms with van der Waals surface area (Å²) in [7, 11) is 3.97. The summed E-state index contributed by atoms with van der Waals surface area (Å²) < 4.78 is 5.77. The van der Waals surface area contributed by atoms with Crippen LogP contribution >= 0.6 is 0 Å². The molecular weight excluding hydrogens is 350 g/mol. The van der Waals surface area contributed by atoms with Crippen molar-refractivity contribution in [1.82, 2.24) is 0 Å². The molecule has 0 fully saturated rings. The number of para-hydroxylation sites is 1. The van der Waals surface area contributed by atoms with E-state index in [4.69, 9.17) is 4.74 Å². The molecule has 2 N–H and O–H groups in total. The van der Waals surface area contributed by atoms with Gasteiger partial charge in [-0.2, -0.15) is 0 Å². The molecule has 0 aliphatic carbocycles. The molecule has 0 radical (unpaired) electrons. The van der Waals surface area contributed by atoms with Crippen molar-refractivity contribution >= 4 is 23.0 Å². The molecule has 3 rings (SSSR count). The van der Waals surface area contributed by atoms with Gasteiger partial charge in [0.05, 0.1) is 0 Å². The minimum Gasteiger partial charge on any atom is -0.457 e. The van der Waals surface area contributed by atoms with E-state index in [0.29, 0.717) is 13.0 Å². The molecule has 0 bridgehead atoms. The highest BCUT2D eigenvalue weighted by Gasteiger charge is 2.03. The number of benzene rings is 3. The Balaban J connectivity index is 1.42. The number of carbonyl (C=O) groups is 1. The summed E-state index contributed by atoms with van der Waals surface area (Å²) in [5, 5.41) is 6.17. The average molecular weight is 375 g/mol. The molecule has 0 aliphatic rings. The predicted octanol–water partition coefficient (Wildman–Crippen LogP) is 4.99. The van der Waals surface area contributed by atoms with Crippen LogP contribution < -0.4 is 20.3 Å². The van der Waals surface area contributed by atoms with E-state index in [0.717, 1.165) is 28.6 Å². The van der Waals surface area contributed by atoms with Gasteiger partial charge in [-0.25, -0.2) is 0 Å². The quantitative estimate of drug-likeness (QED) is 0.583. The van der Waals surface area contributed by atoms with Gasteiger partial charge in [0.15, 0.2) is 0 Å². The first kappa shape index (κ1) is 19.3. The number of hydrogen-bond donors (Lipinski definition) is 2. The van der Waals surface area contributed by atoms with Crippen molar-refractivity contribution in [1.29, 1.82) is 0 Å². The zero-order valence-corrected chi connectivity index (χ0v) is 16.2. The first-order valence-corrected chi connectivity index (χ1v) is 9.24. The van der Waals surface area contributed by atoms with Crippen LogP contribution in [0.3, 0.4) is 0 Å². The van der Waals surface area contributed by atoms with Crippen LogP contribution in [0.15, 0.2) is 78.9 Å². The van der Waals surface area contributed by atoms with E-state index in [1.807, 2.05) is 97.9 Å². The third-order valence-electron chi connectivity index (χ3n) is 4.18. The second-order valence-electron chi connectivity index (χ2n) is 6.61. The average Bonchev–Trinajstić information content (AvgIpc) is 2.70. The Hall–Kier alpha value is -3.47. The van der Waals surface area contributed by atoms with E-state index in [1.165, 1.54) is 0 Å². The lowest BCUT2D eigenvalue weighted by Crippen LogP contribution is -2.16. The van der Waals surface area contributed by atoms with Gasteiger partial charge in [0.2, 0.25) is 5.91 Å². The molecule has 3 aromatic carbocycles. The summed E-state index contributed by atoms with van der Waals surface area (Å²) in [5.74, 6) is 1.56. The maximum absolute atomic E-state index is 12.1. The maximum Gasteiger partial charge on any atom is 0.226 e. The lowest BCUT2D eigenvalue weighted by molar-refractivity contribution is -0.115. The number of carbonyl (C=O) groups excluding carboxylic acids is 1. The fourth-order valence-corrected chi connectivity index (χ4v) is 2.65. The first-order chi connectivity index (χ1) is 13.6. The van der Waals surface area contributed by atoms with E-state index in [2.05, 4.69) is 10.6 Å². The summed E-state index contributed by atoms with van der Waals surface area (Å²) in [6.07, 6.45) is 0.387. The van der Waals surface area contributed by atoms with Crippen molar-refractivity contribution in [3.8, 4) is 11.5 Å². The molecule has 0 spiro atoms. The lowest BCUT2D eigenvalue weighted by atomic mass is 10.2. The number of ether oxygens (including phenoxy) is 1. The van der Waals surface area contributed by atoms with Crippen LogP contribution in [0.2, 0.25) is 0 Å². The third kappa shape index (κ3) is 5.77. The Morgan fingerprint density at radius 1 is 0.821 bits per heavy atom. The normalized spacial score (nSPS) is 10.2. The van der Waals surface area contributed by atoms with Crippen LogP contribution in [-0.2, 0) is 4.79 Å². The standard InChI is InChI=1S/C23H25N3O2/c1-26(2)20-12-8-19(9-13-20)25-23(27)16-17-24-18-10-14-22(15-11-18)28-21-6-4-3-5-7-21/h3-15,24H,16-17H2,1-2H3,(H,25,27). The lowest BCUT2D eigenvalue weighted by Gasteiger charge is -2.13. The van der Waals surface area contributed by atoms with Crippen LogP contribution in [0.5, 0.6) is 11.5 Å². The van der Waals surface area contributed by atoms with E-state index in [9.17, 15) is 4.79 Å². The Morgan fingerprint density at radius 2 is 1.43 bits per heavy atom. The number of rotatable bonds is 8. The van der Waals surface area contributed by atoms with E-state index in [1.54, 1.807) is 0 Å². The fourth-order valence-electron chi connectivity index (χ4n) is 2.65. The number of anilines is 3. The molecule has 5 nitrogen and oxygen atoms in total. The summed E-state index contributed by atoms with van der Waals surface area (Å²) in [6, 6.07) is 25.1. The molecule has 0 saturated heterocycles. The van der Waals surface area contributed by atoms with E-state index < -0.39 is 0 Å². The van der Waals surface area contributed by atoms with Crippen LogP contribution in [0.1, 0.15) is 6.42 Å². The van der Waals surface area contributed by atoms with Crippen molar-refractivity contribution in [2.24, 2.45) is 0 Å². The molecule has 0 aromatic heterocycles. The molecule has 0 unspecified atom stereocenters. The molecule has 3 aromatic rings. The zero-order chi connectivity index (χ0) is 19.8.